The van der Waals surface area contributed by atoms with Crippen LogP contribution >= 0.6 is 0 Å². The number of aliphatic carboxylic acids is 1. The van der Waals surface area contributed by atoms with Crippen molar-refractivity contribution in [2.45, 2.75) is 12.8 Å². The zero-order valence-corrected chi connectivity index (χ0v) is 9.12. The average molecular weight is 237 g/mol. The van der Waals surface area contributed by atoms with Crippen LogP contribution in [0.2, 0.25) is 0 Å². The number of carboxylic acids is 1. The van der Waals surface area contributed by atoms with Gasteiger partial charge in [-0.2, -0.15) is 0 Å². The summed E-state index contributed by atoms with van der Waals surface area (Å²) in [6.07, 6.45) is 1.63. The quantitative estimate of drug-likeness (QED) is 0.667. The van der Waals surface area contributed by atoms with E-state index in [1.807, 2.05) is 0 Å². The van der Waals surface area contributed by atoms with Gasteiger partial charge in [0, 0.05) is 19.8 Å². The van der Waals surface area contributed by atoms with E-state index in [9.17, 15) is 13.2 Å². The molecule has 1 aliphatic heterocycles. The Kier molecular flexibility index (Phi) is 4.49. The molecular formula is C8H15NO5S. The van der Waals surface area contributed by atoms with Crippen molar-refractivity contribution in [1.82, 2.24) is 4.72 Å². The van der Waals surface area contributed by atoms with E-state index >= 15 is 0 Å². The molecule has 1 rings (SSSR count). The van der Waals surface area contributed by atoms with E-state index in [0.717, 1.165) is 12.8 Å². The fraction of sp³-hybridized carbons (Fsp3) is 0.875. The molecule has 88 valence electrons. The summed E-state index contributed by atoms with van der Waals surface area (Å²) < 4.78 is 29.7. The lowest BCUT2D eigenvalue weighted by molar-refractivity contribution is -0.134. The van der Waals surface area contributed by atoms with Crippen LogP contribution in [0.4, 0.5) is 0 Å². The molecule has 0 amide bonds. The highest BCUT2D eigenvalue weighted by Crippen LogP contribution is 2.13. The molecule has 1 saturated heterocycles. The summed E-state index contributed by atoms with van der Waals surface area (Å²) in [7, 11) is -3.67. The molecule has 1 fully saturated rings. The number of ether oxygens (including phenoxy) is 1. The van der Waals surface area contributed by atoms with E-state index in [1.54, 1.807) is 0 Å². The summed E-state index contributed by atoms with van der Waals surface area (Å²) in [4.78, 5) is 10.2. The maximum absolute atomic E-state index is 11.2. The maximum atomic E-state index is 11.2. The van der Waals surface area contributed by atoms with Crippen LogP contribution in [0.5, 0.6) is 0 Å². The van der Waals surface area contributed by atoms with E-state index in [4.69, 9.17) is 9.84 Å². The van der Waals surface area contributed by atoms with Crippen molar-refractivity contribution in [2.75, 3.05) is 25.5 Å². The van der Waals surface area contributed by atoms with Gasteiger partial charge in [-0.15, -0.1) is 0 Å². The van der Waals surface area contributed by atoms with Crippen LogP contribution in [0.15, 0.2) is 0 Å². The summed E-state index contributed by atoms with van der Waals surface area (Å²) in [6.45, 7) is 1.59. The summed E-state index contributed by atoms with van der Waals surface area (Å²) in [6, 6.07) is 0. The SMILES string of the molecule is O=C(O)CS(=O)(=O)NCC1CCOCC1. The Hall–Kier alpha value is -0.660. The second kappa shape index (κ2) is 5.43. The van der Waals surface area contributed by atoms with E-state index in [0.29, 0.717) is 19.8 Å². The van der Waals surface area contributed by atoms with E-state index in [2.05, 4.69) is 4.72 Å². The van der Waals surface area contributed by atoms with E-state index in [1.165, 1.54) is 0 Å². The molecule has 2 N–H and O–H groups in total. The summed E-state index contributed by atoms with van der Waals surface area (Å²) >= 11 is 0. The minimum absolute atomic E-state index is 0.252. The largest absolute Gasteiger partial charge is 0.480 e. The molecule has 0 radical (unpaired) electrons. The van der Waals surface area contributed by atoms with Gasteiger partial charge in [-0.1, -0.05) is 0 Å². The molecule has 7 heteroatoms. The highest BCUT2D eigenvalue weighted by molar-refractivity contribution is 7.90. The predicted molar refractivity (Wildman–Crippen MR) is 53.0 cm³/mol. The van der Waals surface area contributed by atoms with Crippen LogP contribution in [-0.4, -0.2) is 45.0 Å². The predicted octanol–water partition coefficient (Wildman–Crippen LogP) is -0.583. The molecule has 1 aliphatic rings. The zero-order chi connectivity index (χ0) is 11.3. The summed E-state index contributed by atoms with van der Waals surface area (Å²) in [5.41, 5.74) is 0. The molecule has 0 aromatic rings. The fourth-order valence-electron chi connectivity index (χ4n) is 1.41. The van der Waals surface area contributed by atoms with Gasteiger partial charge in [-0.25, -0.2) is 13.1 Å². The third kappa shape index (κ3) is 5.10. The van der Waals surface area contributed by atoms with Crippen LogP contribution in [0.25, 0.3) is 0 Å². The van der Waals surface area contributed by atoms with Gasteiger partial charge in [0.2, 0.25) is 10.0 Å². The molecular weight excluding hydrogens is 222 g/mol. The number of hydrogen-bond donors (Lipinski definition) is 2. The topological polar surface area (TPSA) is 92.7 Å². The third-order valence-electron chi connectivity index (χ3n) is 2.25. The van der Waals surface area contributed by atoms with Gasteiger partial charge in [0.05, 0.1) is 0 Å². The Morgan fingerprint density at radius 1 is 1.40 bits per heavy atom. The standard InChI is InChI=1S/C8H15NO5S/c10-8(11)6-15(12,13)9-5-7-1-3-14-4-2-7/h7,9H,1-6H2,(H,10,11). The average Bonchev–Trinajstić information content (AvgIpc) is 2.15. The molecule has 1 heterocycles. The Morgan fingerprint density at radius 2 is 2.00 bits per heavy atom. The van der Waals surface area contributed by atoms with Crippen molar-refractivity contribution < 1.29 is 23.1 Å². The number of sulfonamides is 1. The fourth-order valence-corrected chi connectivity index (χ4v) is 2.33. The first-order valence-corrected chi connectivity index (χ1v) is 6.42. The minimum atomic E-state index is -3.67. The number of rotatable bonds is 5. The second-order valence-electron chi connectivity index (χ2n) is 3.56. The molecule has 15 heavy (non-hydrogen) atoms. The number of carbonyl (C=O) groups is 1. The lowest BCUT2D eigenvalue weighted by Gasteiger charge is -2.21. The Labute approximate surface area is 88.7 Å². The molecule has 0 unspecified atom stereocenters. The number of hydrogen-bond acceptors (Lipinski definition) is 4. The Balaban J connectivity index is 2.31. The van der Waals surface area contributed by atoms with Crippen molar-refractivity contribution in [1.29, 1.82) is 0 Å². The smallest absolute Gasteiger partial charge is 0.320 e. The van der Waals surface area contributed by atoms with Crippen LogP contribution in [0.3, 0.4) is 0 Å². The summed E-state index contributed by atoms with van der Waals surface area (Å²) in [5.74, 6) is -1.95. The van der Waals surface area contributed by atoms with E-state index < -0.39 is 21.7 Å². The third-order valence-corrected chi connectivity index (χ3v) is 3.48. The van der Waals surface area contributed by atoms with Crippen LogP contribution in [-0.2, 0) is 19.6 Å². The van der Waals surface area contributed by atoms with Gasteiger partial charge in [-0.05, 0) is 18.8 Å². The van der Waals surface area contributed by atoms with Crippen molar-refractivity contribution in [2.24, 2.45) is 5.92 Å². The highest BCUT2D eigenvalue weighted by atomic mass is 32.2. The summed E-state index contributed by atoms with van der Waals surface area (Å²) in [5, 5.41) is 8.35. The molecule has 6 nitrogen and oxygen atoms in total. The number of carboxylic acid groups (broad SMARTS) is 1. The molecule has 0 aromatic carbocycles. The van der Waals surface area contributed by atoms with Gasteiger partial charge in [-0.3, -0.25) is 4.79 Å². The molecule has 0 saturated carbocycles. The highest BCUT2D eigenvalue weighted by Gasteiger charge is 2.19. The normalized spacial score (nSPS) is 18.9. The van der Waals surface area contributed by atoms with Gasteiger partial charge in [0.1, 0.15) is 0 Å². The van der Waals surface area contributed by atoms with Crippen molar-refractivity contribution in [3.8, 4) is 0 Å². The van der Waals surface area contributed by atoms with Gasteiger partial charge < -0.3 is 9.84 Å². The first kappa shape index (κ1) is 12.4. The molecule has 0 bridgehead atoms. The number of nitrogens with one attached hydrogen (secondary N) is 1. The van der Waals surface area contributed by atoms with Gasteiger partial charge in [0.15, 0.2) is 5.75 Å². The van der Waals surface area contributed by atoms with Crippen LogP contribution in [0, 0.1) is 5.92 Å². The van der Waals surface area contributed by atoms with Crippen LogP contribution < -0.4 is 4.72 Å². The lowest BCUT2D eigenvalue weighted by atomic mass is 10.0. The monoisotopic (exact) mass is 237 g/mol. The minimum Gasteiger partial charge on any atom is -0.480 e. The lowest BCUT2D eigenvalue weighted by Crippen LogP contribution is -2.35. The zero-order valence-electron chi connectivity index (χ0n) is 8.31. The molecule has 0 atom stereocenters. The van der Waals surface area contributed by atoms with Gasteiger partial charge >= 0.3 is 5.97 Å². The van der Waals surface area contributed by atoms with E-state index in [-0.39, 0.29) is 5.92 Å². The second-order valence-corrected chi connectivity index (χ2v) is 5.36. The van der Waals surface area contributed by atoms with Crippen molar-refractivity contribution in [3.63, 3.8) is 0 Å². The maximum Gasteiger partial charge on any atom is 0.320 e. The van der Waals surface area contributed by atoms with Gasteiger partial charge in [0.25, 0.3) is 0 Å². The molecule has 0 spiro atoms. The van der Waals surface area contributed by atoms with Crippen molar-refractivity contribution >= 4 is 16.0 Å². The van der Waals surface area contributed by atoms with Crippen molar-refractivity contribution in [3.05, 3.63) is 0 Å². The van der Waals surface area contributed by atoms with Crippen LogP contribution in [0.1, 0.15) is 12.8 Å². The molecule has 0 aromatic heterocycles. The first-order chi connectivity index (χ1) is 6.99. The molecule has 0 aliphatic carbocycles. The Morgan fingerprint density at radius 3 is 2.53 bits per heavy atom. The first-order valence-electron chi connectivity index (χ1n) is 4.76. The Bertz CT molecular complexity index is 307.